The highest BCUT2D eigenvalue weighted by atomic mass is 35.7. The highest BCUT2D eigenvalue weighted by Crippen LogP contribution is 1.96. The highest BCUT2D eigenvalue weighted by molar-refractivity contribution is 7.39. The quantitative estimate of drug-likeness (QED) is 0.452. The molecule has 0 atom stereocenters. The van der Waals surface area contributed by atoms with Gasteiger partial charge in [0.25, 0.3) is 0 Å². The number of hydrogen-bond donors (Lipinski definition) is 0. The van der Waals surface area contributed by atoms with Crippen molar-refractivity contribution in [3.63, 3.8) is 0 Å². The van der Waals surface area contributed by atoms with Gasteiger partial charge in [0.1, 0.15) is 27.3 Å². The number of benzene rings is 1. The monoisotopic (exact) mass is 175 g/mol. The average Bonchev–Trinajstić information content (AvgIpc) is 1.90. The molecule has 0 saturated carbocycles. The second-order valence-corrected chi connectivity index (χ2v) is 5.57. The fourth-order valence-electron chi connectivity index (χ4n) is 0.564. The molecule has 0 aliphatic heterocycles. The Kier molecular flexibility index (Phi) is 2.58. The van der Waals surface area contributed by atoms with Gasteiger partial charge in [-0.3, -0.25) is 0 Å². The van der Waals surface area contributed by atoms with E-state index in [1.165, 1.54) is 0 Å². The summed E-state index contributed by atoms with van der Waals surface area (Å²) in [5, 5.41) is 1.05. The Morgan fingerprint density at radius 1 is 1.00 bits per heavy atom. The summed E-state index contributed by atoms with van der Waals surface area (Å²) < 4.78 is 0. The fourth-order valence-corrected chi connectivity index (χ4v) is 1.76. The van der Waals surface area contributed by atoms with Crippen LogP contribution in [-0.4, -0.2) is 7.42 Å². The molecular formula is C6H5Cl2Si+. The second kappa shape index (κ2) is 3.25. The zero-order chi connectivity index (χ0) is 6.69. The van der Waals surface area contributed by atoms with Crippen molar-refractivity contribution in [3.8, 4) is 0 Å². The Hall–Kier alpha value is 0.0169. The summed E-state index contributed by atoms with van der Waals surface area (Å²) in [6, 6.07) is 9.69. The molecule has 0 radical (unpaired) electrons. The molecule has 0 aromatic heterocycles. The van der Waals surface area contributed by atoms with Gasteiger partial charge in [-0.1, -0.05) is 18.2 Å². The summed E-state index contributed by atoms with van der Waals surface area (Å²) >= 11 is 11.3. The molecule has 0 amide bonds. The third-order valence-corrected chi connectivity index (χ3v) is 3.07. The maximum absolute atomic E-state index is 5.67. The van der Waals surface area contributed by atoms with Gasteiger partial charge in [-0.25, -0.2) is 0 Å². The number of hydrogen-bond acceptors (Lipinski definition) is 0. The molecule has 0 aliphatic carbocycles. The third kappa shape index (κ3) is 2.01. The van der Waals surface area contributed by atoms with Crippen LogP contribution in [0.2, 0.25) is 0 Å². The van der Waals surface area contributed by atoms with Gasteiger partial charge in [-0.2, -0.15) is 0 Å². The number of halogens is 2. The molecule has 9 heavy (non-hydrogen) atoms. The zero-order valence-corrected chi connectivity index (χ0v) is 7.15. The lowest BCUT2D eigenvalue weighted by Gasteiger charge is -1.81. The topological polar surface area (TPSA) is 0 Å². The normalized spacial score (nSPS) is 9.11. The van der Waals surface area contributed by atoms with E-state index in [1.54, 1.807) is 0 Å². The second-order valence-electron chi connectivity index (χ2n) is 1.63. The van der Waals surface area contributed by atoms with E-state index in [1.807, 2.05) is 30.3 Å². The molecule has 3 heteroatoms. The SMILES string of the molecule is Cl[Si+](Cl)c1ccccc1. The molecule has 0 N–H and O–H groups in total. The fraction of sp³-hybridized carbons (Fsp3) is 0. The summed E-state index contributed by atoms with van der Waals surface area (Å²) in [6.07, 6.45) is 0. The lowest BCUT2D eigenvalue weighted by molar-refractivity contribution is 1.77. The molecule has 0 nitrogen and oxygen atoms in total. The molecular weight excluding hydrogens is 171 g/mol. The van der Waals surface area contributed by atoms with E-state index in [0.717, 1.165) is 5.19 Å². The molecule has 1 aromatic rings. The van der Waals surface area contributed by atoms with Crippen LogP contribution in [-0.2, 0) is 0 Å². The van der Waals surface area contributed by atoms with Crippen LogP contribution in [0.15, 0.2) is 30.3 Å². The third-order valence-electron chi connectivity index (χ3n) is 0.992. The van der Waals surface area contributed by atoms with Crippen molar-refractivity contribution in [1.82, 2.24) is 0 Å². The highest BCUT2D eigenvalue weighted by Gasteiger charge is 2.24. The van der Waals surface area contributed by atoms with Crippen LogP contribution in [0, 0.1) is 0 Å². The van der Waals surface area contributed by atoms with E-state index >= 15 is 0 Å². The van der Waals surface area contributed by atoms with Gasteiger partial charge in [0.05, 0.1) is 0 Å². The Morgan fingerprint density at radius 2 is 1.56 bits per heavy atom. The molecule has 0 heterocycles. The first kappa shape index (κ1) is 7.13. The van der Waals surface area contributed by atoms with E-state index in [0.29, 0.717) is 0 Å². The van der Waals surface area contributed by atoms with Crippen LogP contribution in [0.4, 0.5) is 0 Å². The predicted molar refractivity (Wildman–Crippen MR) is 43.5 cm³/mol. The Labute approximate surface area is 65.4 Å². The van der Waals surface area contributed by atoms with Crippen LogP contribution in [0.3, 0.4) is 0 Å². The zero-order valence-electron chi connectivity index (χ0n) is 4.64. The predicted octanol–water partition coefficient (Wildman–Crippen LogP) is 1.86. The van der Waals surface area contributed by atoms with Gasteiger partial charge < -0.3 is 0 Å². The van der Waals surface area contributed by atoms with Crippen LogP contribution in [0.1, 0.15) is 0 Å². The van der Waals surface area contributed by atoms with Crippen molar-refractivity contribution in [3.05, 3.63) is 30.3 Å². The van der Waals surface area contributed by atoms with Crippen molar-refractivity contribution < 1.29 is 0 Å². The van der Waals surface area contributed by atoms with Gasteiger partial charge >= 0.3 is 7.42 Å². The molecule has 0 bridgehead atoms. The molecule has 46 valence electrons. The Bertz CT molecular complexity index is 174. The molecule has 0 spiro atoms. The molecule has 1 aromatic carbocycles. The Morgan fingerprint density at radius 3 is 1.89 bits per heavy atom. The molecule has 1 rings (SSSR count). The van der Waals surface area contributed by atoms with Gasteiger partial charge in [0.15, 0.2) is 0 Å². The van der Waals surface area contributed by atoms with Gasteiger partial charge in [-0.05, 0) is 12.1 Å². The van der Waals surface area contributed by atoms with Crippen molar-refractivity contribution >= 4 is 34.8 Å². The first-order valence-corrected chi connectivity index (χ1v) is 6.06. The summed E-state index contributed by atoms with van der Waals surface area (Å²) in [6.45, 7) is 0. The Balaban J connectivity index is 2.85. The van der Waals surface area contributed by atoms with E-state index in [-0.39, 0.29) is 0 Å². The maximum Gasteiger partial charge on any atom is 0.583 e. The van der Waals surface area contributed by atoms with Crippen molar-refractivity contribution in [1.29, 1.82) is 0 Å². The maximum atomic E-state index is 5.67. The van der Waals surface area contributed by atoms with Crippen LogP contribution in [0.25, 0.3) is 0 Å². The summed E-state index contributed by atoms with van der Waals surface area (Å²) in [5.41, 5.74) is 0. The molecule has 0 aliphatic rings. The van der Waals surface area contributed by atoms with E-state index in [2.05, 4.69) is 0 Å². The van der Waals surface area contributed by atoms with Crippen LogP contribution in [0.5, 0.6) is 0 Å². The lowest BCUT2D eigenvalue weighted by Crippen LogP contribution is -2.16. The standard InChI is InChI=1S/C6H5Cl2Si/c7-9(8)6-4-2-1-3-5-6/h1-5H/q+1. The molecule has 0 unspecified atom stereocenters. The van der Waals surface area contributed by atoms with Crippen molar-refractivity contribution in [2.45, 2.75) is 0 Å². The van der Waals surface area contributed by atoms with Crippen LogP contribution >= 0.6 is 22.2 Å². The first-order valence-electron chi connectivity index (χ1n) is 2.54. The summed E-state index contributed by atoms with van der Waals surface area (Å²) in [7, 11) is -1.27. The van der Waals surface area contributed by atoms with Crippen LogP contribution < -0.4 is 5.19 Å². The smallest absolute Gasteiger partial charge is 0.0621 e. The van der Waals surface area contributed by atoms with Crippen molar-refractivity contribution in [2.75, 3.05) is 0 Å². The average molecular weight is 176 g/mol. The summed E-state index contributed by atoms with van der Waals surface area (Å²) in [5.74, 6) is 0. The molecule has 0 saturated heterocycles. The van der Waals surface area contributed by atoms with Crippen molar-refractivity contribution in [2.24, 2.45) is 0 Å². The van der Waals surface area contributed by atoms with E-state index in [9.17, 15) is 0 Å². The minimum Gasteiger partial charge on any atom is -0.0621 e. The first-order chi connectivity index (χ1) is 4.30. The minimum absolute atomic E-state index is 1.05. The van der Waals surface area contributed by atoms with Gasteiger partial charge in [0, 0.05) is 0 Å². The molecule has 0 fully saturated rings. The van der Waals surface area contributed by atoms with E-state index in [4.69, 9.17) is 22.2 Å². The van der Waals surface area contributed by atoms with Gasteiger partial charge in [-0.15, -0.1) is 0 Å². The van der Waals surface area contributed by atoms with E-state index < -0.39 is 7.42 Å². The number of rotatable bonds is 1. The lowest BCUT2D eigenvalue weighted by atomic mass is 10.4. The largest absolute Gasteiger partial charge is 0.583 e. The minimum atomic E-state index is -1.27. The van der Waals surface area contributed by atoms with Gasteiger partial charge in [0.2, 0.25) is 0 Å². The summed E-state index contributed by atoms with van der Waals surface area (Å²) in [4.78, 5) is 0.